The average molecular weight is 230 g/mol. The van der Waals surface area contributed by atoms with Crippen LogP contribution in [0.2, 0.25) is 0 Å². The Hall–Kier alpha value is -1.02. The number of rotatable bonds is 3. The minimum Gasteiger partial charge on any atom is -0.371 e. The van der Waals surface area contributed by atoms with E-state index in [9.17, 15) is 0 Å². The minimum atomic E-state index is 0.720. The van der Waals surface area contributed by atoms with E-state index >= 15 is 0 Å². The Morgan fingerprint density at radius 2 is 2.06 bits per heavy atom. The molecule has 1 aliphatic carbocycles. The zero-order valence-corrected chi connectivity index (χ0v) is 10.5. The fourth-order valence-electron chi connectivity index (χ4n) is 3.48. The molecular weight excluding hydrogens is 208 g/mol. The first-order valence-electron chi connectivity index (χ1n) is 6.97. The van der Waals surface area contributed by atoms with Gasteiger partial charge in [-0.25, -0.2) is 0 Å². The van der Waals surface area contributed by atoms with Crippen molar-refractivity contribution in [3.05, 3.63) is 29.3 Å². The summed E-state index contributed by atoms with van der Waals surface area (Å²) in [5.41, 5.74) is 10.4. The Labute approximate surface area is 104 Å². The number of hydrogen-bond acceptors (Lipinski definition) is 2. The van der Waals surface area contributed by atoms with E-state index in [1.165, 1.54) is 44.5 Å². The predicted molar refractivity (Wildman–Crippen MR) is 72.6 cm³/mol. The van der Waals surface area contributed by atoms with E-state index in [0.717, 1.165) is 18.9 Å². The summed E-state index contributed by atoms with van der Waals surface area (Å²) in [6, 6.07) is 6.87. The molecule has 0 radical (unpaired) electrons. The van der Waals surface area contributed by atoms with Crippen molar-refractivity contribution in [3.63, 3.8) is 0 Å². The zero-order chi connectivity index (χ0) is 11.7. The molecule has 1 aromatic carbocycles. The van der Waals surface area contributed by atoms with E-state index < -0.39 is 0 Å². The van der Waals surface area contributed by atoms with E-state index in [1.807, 2.05) is 0 Å². The zero-order valence-electron chi connectivity index (χ0n) is 10.5. The number of fused-ring (bicyclic) bond motifs is 1. The molecule has 1 unspecified atom stereocenters. The van der Waals surface area contributed by atoms with Crippen molar-refractivity contribution in [3.8, 4) is 0 Å². The minimum absolute atomic E-state index is 0.720. The number of nitrogens with zero attached hydrogens (tertiary/aromatic N) is 1. The van der Waals surface area contributed by atoms with Crippen LogP contribution in [0.4, 0.5) is 5.69 Å². The number of nitrogens with two attached hydrogens (primary N) is 1. The van der Waals surface area contributed by atoms with Crippen LogP contribution in [-0.4, -0.2) is 19.6 Å². The Bertz CT molecular complexity index is 394. The van der Waals surface area contributed by atoms with Gasteiger partial charge in [0.1, 0.15) is 0 Å². The van der Waals surface area contributed by atoms with Gasteiger partial charge in [-0.3, -0.25) is 0 Å². The Kier molecular flexibility index (Phi) is 3.06. The standard InChI is InChI=1S/C15H22N2/c16-9-8-12-6-7-14-13(12)4-3-5-15(14)17-10-1-2-11-17/h3-5,12H,1-2,6-11,16H2. The summed E-state index contributed by atoms with van der Waals surface area (Å²) in [6.45, 7) is 3.31. The van der Waals surface area contributed by atoms with E-state index in [4.69, 9.17) is 5.73 Å². The highest BCUT2D eigenvalue weighted by molar-refractivity contribution is 5.59. The number of hydrogen-bond donors (Lipinski definition) is 1. The maximum atomic E-state index is 5.72. The molecular formula is C15H22N2. The second-order valence-corrected chi connectivity index (χ2v) is 5.35. The lowest BCUT2D eigenvalue weighted by atomic mass is 9.97. The Morgan fingerprint density at radius 3 is 2.82 bits per heavy atom. The molecule has 0 aromatic heterocycles. The van der Waals surface area contributed by atoms with Crippen LogP contribution in [0, 0.1) is 0 Å². The van der Waals surface area contributed by atoms with Crippen LogP contribution in [0.5, 0.6) is 0 Å². The van der Waals surface area contributed by atoms with Gasteiger partial charge in [-0.15, -0.1) is 0 Å². The van der Waals surface area contributed by atoms with Gasteiger partial charge in [0.15, 0.2) is 0 Å². The highest BCUT2D eigenvalue weighted by Crippen LogP contribution is 2.40. The molecule has 1 aromatic rings. The molecule has 2 nitrogen and oxygen atoms in total. The van der Waals surface area contributed by atoms with Crippen LogP contribution < -0.4 is 10.6 Å². The maximum Gasteiger partial charge on any atom is 0.0401 e. The van der Waals surface area contributed by atoms with Crippen LogP contribution >= 0.6 is 0 Å². The molecule has 0 bridgehead atoms. The summed E-state index contributed by atoms with van der Waals surface area (Å²) in [4.78, 5) is 2.57. The van der Waals surface area contributed by atoms with E-state index in [2.05, 4.69) is 23.1 Å². The summed E-state index contributed by atoms with van der Waals surface area (Å²) in [7, 11) is 0. The highest BCUT2D eigenvalue weighted by atomic mass is 15.1. The molecule has 0 saturated carbocycles. The third-order valence-electron chi connectivity index (χ3n) is 4.33. The van der Waals surface area contributed by atoms with Crippen LogP contribution in [0.1, 0.15) is 42.7 Å². The summed E-state index contributed by atoms with van der Waals surface area (Å²) in [5, 5.41) is 0. The topological polar surface area (TPSA) is 29.3 Å². The molecule has 1 heterocycles. The molecule has 2 aliphatic rings. The van der Waals surface area contributed by atoms with Crippen molar-refractivity contribution < 1.29 is 0 Å². The van der Waals surface area contributed by atoms with Gasteiger partial charge in [0.05, 0.1) is 0 Å². The van der Waals surface area contributed by atoms with Crippen LogP contribution in [0.3, 0.4) is 0 Å². The maximum absolute atomic E-state index is 5.72. The van der Waals surface area contributed by atoms with Gasteiger partial charge in [0, 0.05) is 18.8 Å². The van der Waals surface area contributed by atoms with Gasteiger partial charge in [-0.2, -0.15) is 0 Å². The molecule has 3 rings (SSSR count). The average Bonchev–Trinajstić information content (AvgIpc) is 2.98. The van der Waals surface area contributed by atoms with Gasteiger partial charge in [0.2, 0.25) is 0 Å². The quantitative estimate of drug-likeness (QED) is 0.865. The molecule has 0 spiro atoms. The smallest absolute Gasteiger partial charge is 0.0401 e. The molecule has 0 amide bonds. The lowest BCUT2D eigenvalue weighted by Crippen LogP contribution is -2.19. The Balaban J connectivity index is 1.91. The van der Waals surface area contributed by atoms with Gasteiger partial charge in [-0.1, -0.05) is 12.1 Å². The van der Waals surface area contributed by atoms with E-state index in [-0.39, 0.29) is 0 Å². The lowest BCUT2D eigenvalue weighted by Gasteiger charge is -2.21. The van der Waals surface area contributed by atoms with Gasteiger partial charge in [-0.05, 0) is 61.8 Å². The Morgan fingerprint density at radius 1 is 1.24 bits per heavy atom. The first kappa shape index (κ1) is 11.1. The molecule has 92 valence electrons. The first-order valence-corrected chi connectivity index (χ1v) is 6.97. The lowest BCUT2D eigenvalue weighted by molar-refractivity contribution is 0.627. The van der Waals surface area contributed by atoms with E-state index in [0.29, 0.717) is 0 Å². The largest absolute Gasteiger partial charge is 0.371 e. The van der Waals surface area contributed by atoms with Crippen molar-refractivity contribution >= 4 is 5.69 Å². The molecule has 1 saturated heterocycles. The summed E-state index contributed by atoms with van der Waals surface area (Å²) < 4.78 is 0. The van der Waals surface area contributed by atoms with Crippen molar-refractivity contribution in [1.29, 1.82) is 0 Å². The second-order valence-electron chi connectivity index (χ2n) is 5.35. The molecule has 1 aliphatic heterocycles. The number of benzene rings is 1. The molecule has 2 heteroatoms. The molecule has 1 atom stereocenters. The van der Waals surface area contributed by atoms with Crippen LogP contribution in [0.25, 0.3) is 0 Å². The highest BCUT2D eigenvalue weighted by Gasteiger charge is 2.26. The van der Waals surface area contributed by atoms with Crippen LogP contribution in [-0.2, 0) is 6.42 Å². The van der Waals surface area contributed by atoms with Crippen molar-refractivity contribution in [2.24, 2.45) is 5.73 Å². The molecule has 17 heavy (non-hydrogen) atoms. The summed E-state index contributed by atoms with van der Waals surface area (Å²) in [5.74, 6) is 0.720. The van der Waals surface area contributed by atoms with Crippen molar-refractivity contribution in [1.82, 2.24) is 0 Å². The number of anilines is 1. The van der Waals surface area contributed by atoms with Crippen molar-refractivity contribution in [2.45, 2.75) is 38.0 Å². The third kappa shape index (κ3) is 1.95. The second kappa shape index (κ2) is 4.69. The molecule has 1 fully saturated rings. The summed E-state index contributed by atoms with van der Waals surface area (Å²) >= 11 is 0. The van der Waals surface area contributed by atoms with Gasteiger partial charge in [0.25, 0.3) is 0 Å². The van der Waals surface area contributed by atoms with Gasteiger partial charge < -0.3 is 10.6 Å². The fraction of sp³-hybridized carbons (Fsp3) is 0.600. The SMILES string of the molecule is NCCC1CCc2c1cccc2N1CCCC1. The summed E-state index contributed by atoms with van der Waals surface area (Å²) in [6.07, 6.45) is 6.42. The van der Waals surface area contributed by atoms with E-state index in [1.54, 1.807) is 11.1 Å². The monoisotopic (exact) mass is 230 g/mol. The predicted octanol–water partition coefficient (Wildman–Crippen LogP) is 2.67. The van der Waals surface area contributed by atoms with Crippen molar-refractivity contribution in [2.75, 3.05) is 24.5 Å². The fourth-order valence-corrected chi connectivity index (χ4v) is 3.48. The first-order chi connectivity index (χ1) is 8.40. The van der Waals surface area contributed by atoms with Crippen LogP contribution in [0.15, 0.2) is 18.2 Å². The normalized spacial score (nSPS) is 23.1. The third-order valence-corrected chi connectivity index (χ3v) is 4.33. The van der Waals surface area contributed by atoms with Gasteiger partial charge >= 0.3 is 0 Å². The molecule has 2 N–H and O–H groups in total.